The Morgan fingerprint density at radius 3 is 3.00 bits per heavy atom. The van der Waals surface area contributed by atoms with Crippen molar-refractivity contribution in [3.63, 3.8) is 0 Å². The van der Waals surface area contributed by atoms with E-state index >= 15 is 0 Å². The fraction of sp³-hybridized carbons (Fsp3) is 0.353. The molecule has 26 heavy (non-hydrogen) atoms. The third-order valence-electron chi connectivity index (χ3n) is 4.70. The first-order valence-corrected chi connectivity index (χ1v) is 8.29. The lowest BCUT2D eigenvalue weighted by molar-refractivity contribution is 0.0234. The predicted molar refractivity (Wildman–Crippen MR) is 90.5 cm³/mol. The van der Waals surface area contributed by atoms with Gasteiger partial charge >= 0.3 is 0 Å². The van der Waals surface area contributed by atoms with E-state index in [1.165, 1.54) is 4.52 Å². The summed E-state index contributed by atoms with van der Waals surface area (Å²) in [6.07, 6.45) is 5.91. The average Bonchev–Trinajstić information content (AvgIpc) is 3.11. The maximum atomic E-state index is 12.8. The Labute approximate surface area is 149 Å². The predicted octanol–water partition coefficient (Wildman–Crippen LogP) is 0.770. The molecule has 3 aromatic rings. The number of tetrazole rings is 1. The fourth-order valence-corrected chi connectivity index (χ4v) is 3.20. The lowest BCUT2D eigenvalue weighted by atomic mass is 9.75. The first kappa shape index (κ1) is 16.4. The molecule has 1 amide bonds. The van der Waals surface area contributed by atoms with E-state index in [4.69, 9.17) is 4.74 Å². The zero-order chi connectivity index (χ0) is 18.1. The van der Waals surface area contributed by atoms with Crippen LogP contribution in [0.5, 0.6) is 5.75 Å². The van der Waals surface area contributed by atoms with Crippen molar-refractivity contribution in [1.82, 2.24) is 30.3 Å². The number of methoxy groups -OCH3 is 1. The van der Waals surface area contributed by atoms with Gasteiger partial charge in [0.25, 0.3) is 5.91 Å². The number of ether oxygens (including phenoxy) is 1. The summed E-state index contributed by atoms with van der Waals surface area (Å²) < 4.78 is 6.73. The molecule has 3 heterocycles. The molecule has 2 N–H and O–H groups in total. The number of hydrogen-bond acceptors (Lipinski definition) is 7. The maximum Gasteiger partial charge on any atom is 0.251 e. The molecular formula is C17H18N6O3. The van der Waals surface area contributed by atoms with E-state index in [1.54, 1.807) is 37.8 Å². The molecule has 1 aliphatic rings. The van der Waals surface area contributed by atoms with E-state index in [0.717, 1.165) is 5.56 Å². The first-order valence-electron chi connectivity index (χ1n) is 8.29. The van der Waals surface area contributed by atoms with Crippen molar-refractivity contribution in [2.75, 3.05) is 7.11 Å². The van der Waals surface area contributed by atoms with Gasteiger partial charge in [-0.1, -0.05) is 0 Å². The van der Waals surface area contributed by atoms with Crippen molar-refractivity contribution < 1.29 is 14.6 Å². The molecule has 4 rings (SSSR count). The van der Waals surface area contributed by atoms with Crippen molar-refractivity contribution in [2.45, 2.75) is 25.0 Å². The Morgan fingerprint density at radius 1 is 1.38 bits per heavy atom. The number of nitrogens with one attached hydrogen (secondary N) is 1. The van der Waals surface area contributed by atoms with E-state index < -0.39 is 0 Å². The number of nitrogens with zero attached hydrogens (tertiary/aromatic N) is 5. The summed E-state index contributed by atoms with van der Waals surface area (Å²) in [4.78, 5) is 17.0. The Hall–Kier alpha value is -3.07. The molecule has 0 aromatic carbocycles. The molecule has 0 saturated heterocycles. The highest BCUT2D eigenvalue weighted by molar-refractivity contribution is 5.95. The van der Waals surface area contributed by atoms with Crippen LogP contribution in [-0.2, 0) is 0 Å². The van der Waals surface area contributed by atoms with Gasteiger partial charge in [0.2, 0.25) is 0 Å². The van der Waals surface area contributed by atoms with Crippen LogP contribution in [0.4, 0.5) is 0 Å². The van der Waals surface area contributed by atoms with Crippen molar-refractivity contribution in [2.24, 2.45) is 5.92 Å². The lowest BCUT2D eigenvalue weighted by Gasteiger charge is -2.38. The zero-order valence-corrected chi connectivity index (χ0v) is 14.1. The van der Waals surface area contributed by atoms with Crippen LogP contribution in [0.25, 0.3) is 5.65 Å². The zero-order valence-electron chi connectivity index (χ0n) is 14.1. The van der Waals surface area contributed by atoms with Gasteiger partial charge in [-0.2, -0.15) is 0 Å². The Kier molecular flexibility index (Phi) is 4.21. The largest absolute Gasteiger partial charge is 0.495 e. The van der Waals surface area contributed by atoms with Crippen LogP contribution in [0.3, 0.4) is 0 Å². The molecule has 9 nitrogen and oxygen atoms in total. The monoisotopic (exact) mass is 354 g/mol. The number of aliphatic hydroxyl groups excluding tert-OH is 1. The average molecular weight is 354 g/mol. The topological polar surface area (TPSA) is 115 Å². The van der Waals surface area contributed by atoms with Crippen LogP contribution in [0.2, 0.25) is 0 Å². The van der Waals surface area contributed by atoms with Crippen molar-refractivity contribution in [1.29, 1.82) is 0 Å². The van der Waals surface area contributed by atoms with Gasteiger partial charge in [-0.3, -0.25) is 9.78 Å². The standard InChI is InChI=1S/C17H18N6O3/c1-26-14-6-12(8-18-9-14)16(11-4-13(24)5-11)19-17(25)10-2-3-23-15(7-10)20-21-22-23/h2-3,6-9,11,13,16,24H,4-5H2,1H3,(H,19,25)/t11?,13?,16-/m1/s1. The summed E-state index contributed by atoms with van der Waals surface area (Å²) in [5.74, 6) is 0.531. The Morgan fingerprint density at radius 2 is 2.23 bits per heavy atom. The molecule has 0 unspecified atom stereocenters. The second-order valence-electron chi connectivity index (χ2n) is 6.39. The van der Waals surface area contributed by atoms with Crippen molar-refractivity contribution >= 4 is 11.6 Å². The van der Waals surface area contributed by atoms with E-state index in [9.17, 15) is 9.90 Å². The summed E-state index contributed by atoms with van der Waals surface area (Å²) in [5.41, 5.74) is 1.81. The second kappa shape index (κ2) is 6.68. The summed E-state index contributed by atoms with van der Waals surface area (Å²) in [5, 5.41) is 23.9. The summed E-state index contributed by atoms with van der Waals surface area (Å²) >= 11 is 0. The third kappa shape index (κ3) is 3.08. The Bertz CT molecular complexity index is 937. The molecule has 0 radical (unpaired) electrons. The van der Waals surface area contributed by atoms with Gasteiger partial charge in [0.15, 0.2) is 5.65 Å². The van der Waals surface area contributed by atoms with Gasteiger partial charge in [-0.15, -0.1) is 5.10 Å². The van der Waals surface area contributed by atoms with E-state index in [2.05, 4.69) is 25.8 Å². The SMILES string of the molecule is COc1cncc([C@H](NC(=O)c2ccn3nnnc3c2)C2CC(O)C2)c1. The van der Waals surface area contributed by atoms with E-state index in [1.807, 2.05) is 6.07 Å². The van der Waals surface area contributed by atoms with Gasteiger partial charge in [-0.25, -0.2) is 4.52 Å². The normalized spacial score (nSPS) is 20.4. The minimum Gasteiger partial charge on any atom is -0.495 e. The van der Waals surface area contributed by atoms with Crippen LogP contribution < -0.4 is 10.1 Å². The quantitative estimate of drug-likeness (QED) is 0.695. The van der Waals surface area contributed by atoms with Crippen molar-refractivity contribution in [3.05, 3.63) is 47.9 Å². The fourth-order valence-electron chi connectivity index (χ4n) is 3.20. The van der Waals surface area contributed by atoms with Crippen LogP contribution in [-0.4, -0.2) is 49.3 Å². The highest BCUT2D eigenvalue weighted by Crippen LogP contribution is 2.38. The third-order valence-corrected chi connectivity index (χ3v) is 4.70. The van der Waals surface area contributed by atoms with Gasteiger partial charge < -0.3 is 15.2 Å². The number of fused-ring (bicyclic) bond motifs is 1. The molecule has 0 bridgehead atoms. The molecule has 3 aromatic heterocycles. The van der Waals surface area contributed by atoms with Gasteiger partial charge in [-0.05, 0) is 52.9 Å². The number of aromatic nitrogens is 5. The molecule has 0 spiro atoms. The molecular weight excluding hydrogens is 336 g/mol. The minimum absolute atomic E-state index is 0.140. The van der Waals surface area contributed by atoms with Crippen LogP contribution in [0, 0.1) is 5.92 Å². The molecule has 1 fully saturated rings. The number of amides is 1. The lowest BCUT2D eigenvalue weighted by Crippen LogP contribution is -2.41. The number of aliphatic hydroxyl groups is 1. The smallest absolute Gasteiger partial charge is 0.251 e. The summed E-state index contributed by atoms with van der Waals surface area (Å²) in [6, 6.07) is 4.88. The highest BCUT2D eigenvalue weighted by atomic mass is 16.5. The second-order valence-corrected chi connectivity index (χ2v) is 6.39. The molecule has 134 valence electrons. The number of pyridine rings is 2. The van der Waals surface area contributed by atoms with Crippen LogP contribution in [0.1, 0.15) is 34.8 Å². The van der Waals surface area contributed by atoms with Gasteiger partial charge in [0, 0.05) is 18.0 Å². The van der Waals surface area contributed by atoms with E-state index in [-0.39, 0.29) is 24.0 Å². The van der Waals surface area contributed by atoms with Crippen molar-refractivity contribution in [3.8, 4) is 5.75 Å². The van der Waals surface area contributed by atoms with Crippen LogP contribution in [0.15, 0.2) is 36.8 Å². The number of carbonyl (C=O) groups excluding carboxylic acids is 1. The highest BCUT2D eigenvalue weighted by Gasteiger charge is 2.36. The minimum atomic E-state index is -0.323. The molecule has 0 aliphatic heterocycles. The van der Waals surface area contributed by atoms with Gasteiger partial charge in [0.05, 0.1) is 25.5 Å². The van der Waals surface area contributed by atoms with E-state index in [0.29, 0.717) is 29.8 Å². The number of hydrogen-bond donors (Lipinski definition) is 2. The first-order chi connectivity index (χ1) is 12.6. The number of rotatable bonds is 5. The summed E-state index contributed by atoms with van der Waals surface area (Å²) in [7, 11) is 1.57. The Balaban J connectivity index is 1.60. The maximum absolute atomic E-state index is 12.8. The molecule has 9 heteroatoms. The number of carbonyl (C=O) groups is 1. The van der Waals surface area contributed by atoms with Crippen LogP contribution >= 0.6 is 0 Å². The molecule has 1 saturated carbocycles. The molecule has 1 aliphatic carbocycles. The van der Waals surface area contributed by atoms with Gasteiger partial charge in [0.1, 0.15) is 5.75 Å². The molecule has 1 atom stereocenters. The summed E-state index contributed by atoms with van der Waals surface area (Å²) in [6.45, 7) is 0.